The first-order chi connectivity index (χ1) is 21.2. The SMILES string of the molecule is CCCCn1c(CN(Cc2ccc3c(c2)OCO3)Cc2ccccc2CCc2ccccc2)cnc1-c1ccc(F)cc1. The Hall–Kier alpha value is -4.42. The molecular weight excluding hydrogens is 537 g/mol. The second-order valence-electron chi connectivity index (χ2n) is 11.2. The number of hydrogen-bond donors (Lipinski definition) is 0. The lowest BCUT2D eigenvalue weighted by Crippen LogP contribution is -2.25. The highest BCUT2D eigenvalue weighted by molar-refractivity contribution is 5.56. The maximum absolute atomic E-state index is 13.7. The van der Waals surface area contributed by atoms with Crippen LogP contribution in [0, 0.1) is 5.82 Å². The molecule has 6 rings (SSSR count). The normalized spacial score (nSPS) is 12.3. The van der Waals surface area contributed by atoms with Gasteiger partial charge in [0.1, 0.15) is 11.6 Å². The summed E-state index contributed by atoms with van der Waals surface area (Å²) in [6, 6.07) is 32.3. The van der Waals surface area contributed by atoms with Gasteiger partial charge < -0.3 is 14.0 Å². The average Bonchev–Trinajstić information content (AvgIpc) is 3.67. The molecule has 0 saturated carbocycles. The number of ether oxygens (including phenoxy) is 2. The van der Waals surface area contributed by atoms with E-state index in [-0.39, 0.29) is 12.6 Å². The van der Waals surface area contributed by atoms with Gasteiger partial charge in [-0.3, -0.25) is 4.90 Å². The Labute approximate surface area is 253 Å². The monoisotopic (exact) mass is 575 g/mol. The van der Waals surface area contributed by atoms with Crippen molar-refractivity contribution in [3.8, 4) is 22.9 Å². The van der Waals surface area contributed by atoms with Crippen LogP contribution in [0.4, 0.5) is 4.39 Å². The molecule has 0 unspecified atom stereocenters. The van der Waals surface area contributed by atoms with E-state index in [2.05, 4.69) is 83.1 Å². The molecular formula is C37H38FN3O2. The summed E-state index contributed by atoms with van der Waals surface area (Å²) in [5, 5.41) is 0. The quantitative estimate of drug-likeness (QED) is 0.142. The summed E-state index contributed by atoms with van der Waals surface area (Å²) in [5.74, 6) is 2.24. The van der Waals surface area contributed by atoms with Crippen LogP contribution in [0.25, 0.3) is 11.4 Å². The molecule has 5 nitrogen and oxygen atoms in total. The number of benzene rings is 4. The molecule has 5 aromatic rings. The fourth-order valence-corrected chi connectivity index (χ4v) is 5.75. The Morgan fingerprint density at radius 1 is 0.767 bits per heavy atom. The molecule has 0 spiro atoms. The lowest BCUT2D eigenvalue weighted by molar-refractivity contribution is 0.174. The number of aromatic nitrogens is 2. The van der Waals surface area contributed by atoms with Crippen LogP contribution in [0.3, 0.4) is 0 Å². The number of aryl methyl sites for hydroxylation is 2. The highest BCUT2D eigenvalue weighted by Crippen LogP contribution is 2.33. The molecule has 0 radical (unpaired) electrons. The lowest BCUT2D eigenvalue weighted by Gasteiger charge is -2.25. The Balaban J connectivity index is 1.30. The van der Waals surface area contributed by atoms with Crippen LogP contribution in [0.5, 0.6) is 11.5 Å². The maximum atomic E-state index is 13.7. The van der Waals surface area contributed by atoms with Gasteiger partial charge in [0, 0.05) is 31.7 Å². The van der Waals surface area contributed by atoms with Crippen molar-refractivity contribution in [2.45, 2.75) is 58.8 Å². The molecule has 43 heavy (non-hydrogen) atoms. The summed E-state index contributed by atoms with van der Waals surface area (Å²) in [4.78, 5) is 7.32. The van der Waals surface area contributed by atoms with E-state index < -0.39 is 0 Å². The molecule has 1 aromatic heterocycles. The third kappa shape index (κ3) is 7.15. The summed E-state index contributed by atoms with van der Waals surface area (Å²) >= 11 is 0. The van der Waals surface area contributed by atoms with Crippen LogP contribution in [-0.2, 0) is 39.0 Å². The van der Waals surface area contributed by atoms with Crippen LogP contribution >= 0.6 is 0 Å². The van der Waals surface area contributed by atoms with Gasteiger partial charge in [0.2, 0.25) is 6.79 Å². The van der Waals surface area contributed by atoms with E-state index in [0.29, 0.717) is 0 Å². The standard InChI is InChI=1S/C37H38FN3O2/c1-2-3-21-41-34(23-39-37(41)31-16-18-33(38)19-17-31)26-40(24-29-14-20-35-36(22-29)43-27-42-35)25-32-12-8-7-11-30(32)15-13-28-9-5-4-6-10-28/h4-12,14,16-20,22-23H,2-3,13,15,21,24-27H2,1H3. The molecule has 0 saturated heterocycles. The van der Waals surface area contributed by atoms with Crippen LogP contribution in [0.15, 0.2) is 103 Å². The smallest absolute Gasteiger partial charge is 0.231 e. The fourth-order valence-electron chi connectivity index (χ4n) is 5.75. The second kappa shape index (κ2) is 13.7. The molecule has 4 aromatic carbocycles. The van der Waals surface area contributed by atoms with Gasteiger partial charge in [-0.05, 0) is 77.9 Å². The minimum Gasteiger partial charge on any atom is -0.454 e. The molecule has 0 bridgehead atoms. The molecule has 0 fully saturated rings. The van der Waals surface area contributed by atoms with Crippen LogP contribution in [0.1, 0.15) is 47.7 Å². The first kappa shape index (κ1) is 28.7. The maximum Gasteiger partial charge on any atom is 0.231 e. The first-order valence-corrected chi connectivity index (χ1v) is 15.2. The Morgan fingerprint density at radius 3 is 2.35 bits per heavy atom. The fraction of sp³-hybridized carbons (Fsp3) is 0.270. The van der Waals surface area contributed by atoms with Crippen LogP contribution in [0.2, 0.25) is 0 Å². The van der Waals surface area contributed by atoms with Crippen molar-refractivity contribution < 1.29 is 13.9 Å². The van der Waals surface area contributed by atoms with E-state index in [1.54, 1.807) is 0 Å². The van der Waals surface area contributed by atoms with E-state index in [1.165, 1.54) is 34.4 Å². The zero-order chi connectivity index (χ0) is 29.4. The molecule has 6 heteroatoms. The predicted octanol–water partition coefficient (Wildman–Crippen LogP) is 8.21. The highest BCUT2D eigenvalue weighted by Gasteiger charge is 2.19. The van der Waals surface area contributed by atoms with Crippen molar-refractivity contribution in [3.63, 3.8) is 0 Å². The van der Waals surface area contributed by atoms with E-state index in [0.717, 1.165) is 80.4 Å². The van der Waals surface area contributed by atoms with Crippen molar-refractivity contribution in [2.75, 3.05) is 6.79 Å². The average molecular weight is 576 g/mol. The topological polar surface area (TPSA) is 39.5 Å². The van der Waals surface area contributed by atoms with E-state index in [4.69, 9.17) is 14.5 Å². The number of hydrogen-bond acceptors (Lipinski definition) is 4. The largest absolute Gasteiger partial charge is 0.454 e. The molecule has 220 valence electrons. The van der Waals surface area contributed by atoms with E-state index in [1.807, 2.05) is 24.4 Å². The third-order valence-electron chi connectivity index (χ3n) is 8.04. The number of imidazole rings is 1. The molecule has 0 aliphatic carbocycles. The third-order valence-corrected chi connectivity index (χ3v) is 8.04. The summed E-state index contributed by atoms with van der Waals surface area (Å²) in [5.41, 5.74) is 7.30. The first-order valence-electron chi connectivity index (χ1n) is 15.2. The molecule has 1 aliphatic rings. The van der Waals surface area contributed by atoms with Crippen molar-refractivity contribution in [3.05, 3.63) is 137 Å². The molecule has 2 heterocycles. The predicted molar refractivity (Wildman–Crippen MR) is 168 cm³/mol. The van der Waals surface area contributed by atoms with Crippen molar-refractivity contribution in [2.24, 2.45) is 0 Å². The molecule has 1 aliphatic heterocycles. The Morgan fingerprint density at radius 2 is 1.53 bits per heavy atom. The minimum atomic E-state index is -0.239. The number of nitrogens with zero attached hydrogens (tertiary/aromatic N) is 3. The summed E-state index contributed by atoms with van der Waals surface area (Å²) in [6.07, 6.45) is 6.10. The zero-order valence-electron chi connectivity index (χ0n) is 24.7. The molecule has 0 amide bonds. The van der Waals surface area contributed by atoms with Gasteiger partial charge in [0.15, 0.2) is 11.5 Å². The highest BCUT2D eigenvalue weighted by atomic mass is 19.1. The molecule has 0 N–H and O–H groups in total. The van der Waals surface area contributed by atoms with Gasteiger partial charge in [-0.1, -0.05) is 74.0 Å². The number of halogens is 1. The number of rotatable bonds is 13. The minimum absolute atomic E-state index is 0.239. The Kier molecular flexibility index (Phi) is 9.14. The van der Waals surface area contributed by atoms with Gasteiger partial charge in [0.25, 0.3) is 0 Å². The van der Waals surface area contributed by atoms with E-state index in [9.17, 15) is 4.39 Å². The van der Waals surface area contributed by atoms with Gasteiger partial charge >= 0.3 is 0 Å². The van der Waals surface area contributed by atoms with Crippen molar-refractivity contribution in [1.82, 2.24) is 14.5 Å². The van der Waals surface area contributed by atoms with Gasteiger partial charge in [-0.15, -0.1) is 0 Å². The van der Waals surface area contributed by atoms with Gasteiger partial charge in [-0.25, -0.2) is 9.37 Å². The number of fused-ring (bicyclic) bond motifs is 1. The second-order valence-corrected chi connectivity index (χ2v) is 11.2. The summed E-state index contributed by atoms with van der Waals surface area (Å²) in [6.45, 7) is 5.59. The van der Waals surface area contributed by atoms with Gasteiger partial charge in [0.05, 0.1) is 11.9 Å². The zero-order valence-corrected chi connectivity index (χ0v) is 24.7. The summed E-state index contributed by atoms with van der Waals surface area (Å²) < 4.78 is 27.3. The van der Waals surface area contributed by atoms with Gasteiger partial charge in [-0.2, -0.15) is 0 Å². The van der Waals surface area contributed by atoms with Crippen LogP contribution in [-0.4, -0.2) is 21.2 Å². The summed E-state index contributed by atoms with van der Waals surface area (Å²) in [7, 11) is 0. The number of unbranched alkanes of at least 4 members (excludes halogenated alkanes) is 1. The Bertz CT molecular complexity index is 1630. The van der Waals surface area contributed by atoms with Crippen LogP contribution < -0.4 is 9.47 Å². The molecule has 0 atom stereocenters. The van der Waals surface area contributed by atoms with Crippen molar-refractivity contribution in [1.29, 1.82) is 0 Å². The lowest BCUT2D eigenvalue weighted by atomic mass is 9.99. The van der Waals surface area contributed by atoms with Crippen molar-refractivity contribution >= 4 is 0 Å². The van der Waals surface area contributed by atoms with E-state index >= 15 is 0 Å².